The second kappa shape index (κ2) is 6.04. The lowest BCUT2D eigenvalue weighted by atomic mass is 10.2. The minimum atomic E-state index is -1.01. The van der Waals surface area contributed by atoms with Gasteiger partial charge in [-0.05, 0) is 23.8 Å². The van der Waals surface area contributed by atoms with Gasteiger partial charge in [0.1, 0.15) is 0 Å². The Kier molecular flexibility index (Phi) is 4.44. The van der Waals surface area contributed by atoms with Crippen molar-refractivity contribution in [3.05, 3.63) is 35.9 Å². The fourth-order valence-electron chi connectivity index (χ4n) is 1.12. The molecule has 94 valence electrons. The summed E-state index contributed by atoms with van der Waals surface area (Å²) in [6.07, 6.45) is 2.52. The van der Waals surface area contributed by atoms with Gasteiger partial charge in [0.25, 0.3) is 0 Å². The largest absolute Gasteiger partial charge is 0.478 e. The van der Waals surface area contributed by atoms with E-state index in [0.717, 1.165) is 11.6 Å². The van der Waals surface area contributed by atoms with Crippen LogP contribution in [0.15, 0.2) is 40.3 Å². The first kappa shape index (κ1) is 13.2. The maximum atomic E-state index is 10.3. The third-order valence-corrected chi connectivity index (χ3v) is 1.80. The molecule has 0 amide bonds. The highest BCUT2D eigenvalue weighted by molar-refractivity contribution is 5.93. The Morgan fingerprint density at radius 1 is 1.17 bits per heavy atom. The van der Waals surface area contributed by atoms with E-state index in [1.165, 1.54) is 6.08 Å². The number of carboxylic acid groups (broad SMARTS) is 1. The summed E-state index contributed by atoms with van der Waals surface area (Å²) < 4.78 is 0. The van der Waals surface area contributed by atoms with Crippen molar-refractivity contribution in [3.63, 3.8) is 0 Å². The molecule has 7 N–H and O–H groups in total. The molecule has 0 bridgehead atoms. The normalized spacial score (nSPS) is 11.4. The first-order valence-electron chi connectivity index (χ1n) is 4.92. The molecule has 7 heteroatoms. The molecule has 7 nitrogen and oxygen atoms in total. The maximum absolute atomic E-state index is 10.3. The summed E-state index contributed by atoms with van der Waals surface area (Å²) in [5.74, 6) is -1.23. The van der Waals surface area contributed by atoms with E-state index in [4.69, 9.17) is 22.3 Å². The summed E-state index contributed by atoms with van der Waals surface area (Å²) in [5, 5.41) is 8.47. The van der Waals surface area contributed by atoms with Crippen LogP contribution in [0, 0.1) is 0 Å². The van der Waals surface area contributed by atoms with E-state index in [1.54, 1.807) is 24.3 Å². The van der Waals surface area contributed by atoms with E-state index in [2.05, 4.69) is 9.98 Å². The molecule has 0 heterocycles. The highest BCUT2D eigenvalue weighted by Crippen LogP contribution is 2.13. The van der Waals surface area contributed by atoms with E-state index in [1.807, 2.05) is 0 Å². The number of carboxylic acids is 1. The van der Waals surface area contributed by atoms with Crippen LogP contribution in [0.2, 0.25) is 0 Å². The molecule has 1 aromatic carbocycles. The van der Waals surface area contributed by atoms with Crippen molar-refractivity contribution in [1.82, 2.24) is 0 Å². The van der Waals surface area contributed by atoms with E-state index >= 15 is 0 Å². The third kappa shape index (κ3) is 4.79. The number of aliphatic imine (C=N–C) groups is 2. The zero-order chi connectivity index (χ0) is 13.5. The third-order valence-electron chi connectivity index (χ3n) is 1.80. The van der Waals surface area contributed by atoms with Crippen LogP contribution in [0.4, 0.5) is 5.69 Å². The van der Waals surface area contributed by atoms with E-state index in [-0.39, 0.29) is 11.9 Å². The SMILES string of the molecule is NC(N)=NC(N)=Nc1ccc(C=CC(=O)O)cc1. The van der Waals surface area contributed by atoms with Crippen molar-refractivity contribution in [3.8, 4) is 0 Å². The van der Waals surface area contributed by atoms with E-state index in [9.17, 15) is 4.79 Å². The number of nitrogens with two attached hydrogens (primary N) is 3. The Labute approximate surface area is 103 Å². The van der Waals surface area contributed by atoms with Crippen LogP contribution in [0.1, 0.15) is 5.56 Å². The van der Waals surface area contributed by atoms with Crippen LogP contribution in [-0.4, -0.2) is 23.0 Å². The van der Waals surface area contributed by atoms with Crippen molar-refractivity contribution >= 4 is 29.7 Å². The number of aliphatic carboxylic acids is 1. The molecular weight excluding hydrogens is 234 g/mol. The summed E-state index contributed by atoms with van der Waals surface area (Å²) >= 11 is 0. The van der Waals surface area contributed by atoms with Crippen LogP contribution < -0.4 is 17.2 Å². The lowest BCUT2D eigenvalue weighted by Crippen LogP contribution is -2.26. The van der Waals surface area contributed by atoms with Crippen molar-refractivity contribution in [2.24, 2.45) is 27.2 Å². The fourth-order valence-corrected chi connectivity index (χ4v) is 1.12. The average molecular weight is 247 g/mol. The summed E-state index contributed by atoms with van der Waals surface area (Å²) in [5.41, 5.74) is 17.0. The zero-order valence-corrected chi connectivity index (χ0v) is 9.45. The number of benzene rings is 1. The molecule has 0 spiro atoms. The first-order valence-corrected chi connectivity index (χ1v) is 4.92. The van der Waals surface area contributed by atoms with Gasteiger partial charge in [0.2, 0.25) is 5.96 Å². The first-order chi connectivity index (χ1) is 8.47. The lowest BCUT2D eigenvalue weighted by molar-refractivity contribution is -0.131. The fraction of sp³-hybridized carbons (Fsp3) is 0. The second-order valence-electron chi connectivity index (χ2n) is 3.27. The monoisotopic (exact) mass is 247 g/mol. The van der Waals surface area contributed by atoms with Gasteiger partial charge >= 0.3 is 5.97 Å². The van der Waals surface area contributed by atoms with Crippen molar-refractivity contribution in [2.45, 2.75) is 0 Å². The molecule has 0 fully saturated rings. The molecule has 1 aromatic rings. The Morgan fingerprint density at radius 2 is 1.78 bits per heavy atom. The molecule has 0 aliphatic heterocycles. The molecule has 0 atom stereocenters. The van der Waals surface area contributed by atoms with Crippen molar-refractivity contribution in [2.75, 3.05) is 0 Å². The van der Waals surface area contributed by atoms with Crippen LogP contribution in [0.5, 0.6) is 0 Å². The molecule has 0 saturated heterocycles. The summed E-state index contributed by atoms with van der Waals surface area (Å²) in [4.78, 5) is 17.8. The topological polar surface area (TPSA) is 140 Å². The molecule has 18 heavy (non-hydrogen) atoms. The van der Waals surface area contributed by atoms with E-state index < -0.39 is 5.97 Å². The minimum Gasteiger partial charge on any atom is -0.478 e. The maximum Gasteiger partial charge on any atom is 0.328 e. The quantitative estimate of drug-likeness (QED) is 0.338. The van der Waals surface area contributed by atoms with Gasteiger partial charge < -0.3 is 22.3 Å². The van der Waals surface area contributed by atoms with Gasteiger partial charge in [0.15, 0.2) is 5.96 Å². The number of hydrogen-bond acceptors (Lipinski definition) is 2. The minimum absolute atomic E-state index is 0.0520. The highest BCUT2D eigenvalue weighted by Gasteiger charge is 1.94. The predicted molar refractivity (Wildman–Crippen MR) is 70.2 cm³/mol. The van der Waals surface area contributed by atoms with Crippen LogP contribution >= 0.6 is 0 Å². The van der Waals surface area contributed by atoms with Gasteiger partial charge in [-0.25, -0.2) is 9.79 Å². The molecule has 0 saturated carbocycles. The van der Waals surface area contributed by atoms with Crippen LogP contribution in [-0.2, 0) is 4.79 Å². The summed E-state index contributed by atoms with van der Waals surface area (Å²) in [7, 11) is 0. The number of nitrogens with zero attached hydrogens (tertiary/aromatic N) is 2. The number of rotatable bonds is 3. The van der Waals surface area contributed by atoms with Gasteiger partial charge in [-0.15, -0.1) is 0 Å². The average Bonchev–Trinajstić information content (AvgIpc) is 2.26. The van der Waals surface area contributed by atoms with Gasteiger partial charge in [-0.3, -0.25) is 0 Å². The Balaban J connectivity index is 2.83. The van der Waals surface area contributed by atoms with Crippen molar-refractivity contribution < 1.29 is 9.90 Å². The Bertz CT molecular complexity index is 513. The number of carbonyl (C=O) groups is 1. The standard InChI is InChI=1S/C11H13N5O2/c12-10(13)16-11(14)15-8-4-1-7(2-5-8)3-6-9(17)18/h1-6H,(H,17,18)(H6,12,13,14,15,16). The molecule has 0 aliphatic carbocycles. The molecular formula is C11H13N5O2. The van der Waals surface area contributed by atoms with Crippen LogP contribution in [0.25, 0.3) is 6.08 Å². The van der Waals surface area contributed by atoms with Crippen molar-refractivity contribution in [1.29, 1.82) is 0 Å². The zero-order valence-electron chi connectivity index (χ0n) is 9.45. The molecule has 1 rings (SSSR count). The molecule has 0 aliphatic rings. The van der Waals surface area contributed by atoms with Crippen LogP contribution in [0.3, 0.4) is 0 Å². The molecule has 0 radical (unpaired) electrons. The second-order valence-corrected chi connectivity index (χ2v) is 3.27. The predicted octanol–water partition coefficient (Wildman–Crippen LogP) is 0.00400. The van der Waals surface area contributed by atoms with Gasteiger partial charge in [-0.2, -0.15) is 4.99 Å². The van der Waals surface area contributed by atoms with E-state index in [0.29, 0.717) is 5.69 Å². The van der Waals surface area contributed by atoms with Gasteiger partial charge in [-0.1, -0.05) is 12.1 Å². The number of hydrogen-bond donors (Lipinski definition) is 4. The summed E-state index contributed by atoms with van der Waals surface area (Å²) in [6, 6.07) is 6.72. The molecule has 0 aromatic heterocycles. The molecule has 0 unspecified atom stereocenters. The Hall–Kier alpha value is -2.83. The summed E-state index contributed by atoms with van der Waals surface area (Å²) in [6.45, 7) is 0. The highest BCUT2D eigenvalue weighted by atomic mass is 16.4. The van der Waals surface area contributed by atoms with Gasteiger partial charge in [0.05, 0.1) is 5.69 Å². The lowest BCUT2D eigenvalue weighted by Gasteiger charge is -1.97. The smallest absolute Gasteiger partial charge is 0.328 e. The van der Waals surface area contributed by atoms with Gasteiger partial charge in [0, 0.05) is 6.08 Å². The number of guanidine groups is 2. The Morgan fingerprint density at radius 3 is 2.28 bits per heavy atom.